The van der Waals surface area contributed by atoms with Gasteiger partial charge in [0.05, 0.1) is 16.6 Å². The van der Waals surface area contributed by atoms with Crippen LogP contribution in [0.4, 0.5) is 5.69 Å². The molecule has 1 aliphatic rings. The first kappa shape index (κ1) is 19.0. The van der Waals surface area contributed by atoms with Crippen molar-refractivity contribution in [3.63, 3.8) is 0 Å². The lowest BCUT2D eigenvalue weighted by atomic mass is 10.1. The second-order valence-electron chi connectivity index (χ2n) is 6.79. The Morgan fingerprint density at radius 1 is 1.00 bits per heavy atom. The van der Waals surface area contributed by atoms with Crippen molar-refractivity contribution in [1.82, 2.24) is 5.32 Å². The number of rotatable bonds is 4. The van der Waals surface area contributed by atoms with E-state index in [1.807, 2.05) is 79.7 Å². The number of anilines is 1. The van der Waals surface area contributed by atoms with Crippen LogP contribution < -0.4 is 10.6 Å². The Morgan fingerprint density at radius 2 is 1.69 bits per heavy atom. The van der Waals surface area contributed by atoms with Gasteiger partial charge in [-0.25, -0.2) is 0 Å². The molecule has 0 aromatic heterocycles. The van der Waals surface area contributed by atoms with E-state index < -0.39 is 0 Å². The van der Waals surface area contributed by atoms with E-state index in [-0.39, 0.29) is 17.9 Å². The summed E-state index contributed by atoms with van der Waals surface area (Å²) in [5.74, 6) is -0.337. The Hall–Kier alpha value is -3.31. The number of benzene rings is 3. The second-order valence-corrected chi connectivity index (χ2v) is 7.88. The molecule has 5 heteroatoms. The molecule has 2 amide bonds. The summed E-state index contributed by atoms with van der Waals surface area (Å²) in [6, 6.07) is 24.8. The van der Waals surface area contributed by atoms with Gasteiger partial charge in [-0.05, 0) is 42.3 Å². The van der Waals surface area contributed by atoms with Gasteiger partial charge in [0.1, 0.15) is 0 Å². The molecular formula is C24H20N2O2S. The van der Waals surface area contributed by atoms with Gasteiger partial charge in [0, 0.05) is 10.5 Å². The molecule has 0 bridgehead atoms. The number of nitrogens with one attached hydrogen (secondary N) is 2. The molecule has 0 unspecified atom stereocenters. The van der Waals surface area contributed by atoms with Crippen molar-refractivity contribution >= 4 is 35.3 Å². The van der Waals surface area contributed by atoms with Crippen LogP contribution in [-0.2, 0) is 4.79 Å². The zero-order chi connectivity index (χ0) is 20.2. The highest BCUT2D eigenvalue weighted by Crippen LogP contribution is 2.39. The van der Waals surface area contributed by atoms with Crippen LogP contribution in [0, 0.1) is 0 Å². The first-order chi connectivity index (χ1) is 14.1. The molecular weight excluding hydrogens is 380 g/mol. The van der Waals surface area contributed by atoms with Crippen LogP contribution in [0.25, 0.3) is 6.08 Å². The molecule has 0 radical (unpaired) electrons. The average molecular weight is 401 g/mol. The number of carbonyl (C=O) groups excluding carboxylic acids is 2. The lowest BCUT2D eigenvalue weighted by Gasteiger charge is -2.20. The van der Waals surface area contributed by atoms with E-state index in [0.717, 1.165) is 16.0 Å². The van der Waals surface area contributed by atoms with Gasteiger partial charge >= 0.3 is 0 Å². The number of carbonyl (C=O) groups is 2. The van der Waals surface area contributed by atoms with Gasteiger partial charge < -0.3 is 10.6 Å². The number of thioether (sulfide) groups is 1. The standard InChI is InChI=1S/C24H20N2O2S/c1-16(18-10-6-3-7-11-18)25-23(27)19-12-13-21-20(15-19)26-24(28)22(29-21)14-17-8-4-2-5-9-17/h2-16H,1H3,(H,25,27)(H,26,28)/b22-14-/t16-/m1/s1. The summed E-state index contributed by atoms with van der Waals surface area (Å²) in [5, 5.41) is 5.90. The van der Waals surface area contributed by atoms with E-state index in [0.29, 0.717) is 16.2 Å². The Balaban J connectivity index is 1.51. The van der Waals surface area contributed by atoms with Gasteiger partial charge in [-0.3, -0.25) is 9.59 Å². The molecule has 3 aromatic carbocycles. The summed E-state index contributed by atoms with van der Waals surface area (Å²) in [7, 11) is 0. The lowest BCUT2D eigenvalue weighted by molar-refractivity contribution is -0.112. The maximum Gasteiger partial charge on any atom is 0.262 e. The summed E-state index contributed by atoms with van der Waals surface area (Å²) >= 11 is 1.41. The molecule has 0 spiro atoms. The summed E-state index contributed by atoms with van der Waals surface area (Å²) in [5.41, 5.74) is 3.19. The molecule has 4 rings (SSSR count). The van der Waals surface area contributed by atoms with Crippen molar-refractivity contribution in [2.75, 3.05) is 5.32 Å². The molecule has 1 atom stereocenters. The van der Waals surface area contributed by atoms with Gasteiger partial charge in [0.25, 0.3) is 11.8 Å². The largest absolute Gasteiger partial charge is 0.346 e. The van der Waals surface area contributed by atoms with Crippen LogP contribution in [0.5, 0.6) is 0 Å². The minimum absolute atomic E-state index is 0.107. The van der Waals surface area contributed by atoms with Crippen molar-refractivity contribution in [2.24, 2.45) is 0 Å². The Kier molecular flexibility index (Phi) is 5.49. The summed E-state index contributed by atoms with van der Waals surface area (Å²) in [6.45, 7) is 1.95. The highest BCUT2D eigenvalue weighted by atomic mass is 32.2. The van der Waals surface area contributed by atoms with Crippen LogP contribution in [-0.4, -0.2) is 11.8 Å². The highest BCUT2D eigenvalue weighted by molar-refractivity contribution is 8.04. The first-order valence-corrected chi connectivity index (χ1v) is 10.2. The van der Waals surface area contributed by atoms with Crippen molar-refractivity contribution in [2.45, 2.75) is 17.9 Å². The molecule has 0 aliphatic carbocycles. The van der Waals surface area contributed by atoms with Gasteiger partial charge in [0.2, 0.25) is 0 Å². The van der Waals surface area contributed by atoms with Crippen LogP contribution in [0.2, 0.25) is 0 Å². The third-order valence-electron chi connectivity index (χ3n) is 4.68. The van der Waals surface area contributed by atoms with Gasteiger partial charge in [-0.15, -0.1) is 0 Å². The van der Waals surface area contributed by atoms with Crippen LogP contribution >= 0.6 is 11.8 Å². The number of fused-ring (bicyclic) bond motifs is 1. The monoisotopic (exact) mass is 400 g/mol. The van der Waals surface area contributed by atoms with Crippen molar-refractivity contribution in [1.29, 1.82) is 0 Å². The predicted molar refractivity (Wildman–Crippen MR) is 118 cm³/mol. The third-order valence-corrected chi connectivity index (χ3v) is 5.78. The molecule has 0 fully saturated rings. The fourth-order valence-corrected chi connectivity index (χ4v) is 4.04. The zero-order valence-corrected chi connectivity index (χ0v) is 16.7. The van der Waals surface area contributed by atoms with Crippen LogP contribution in [0.3, 0.4) is 0 Å². The minimum Gasteiger partial charge on any atom is -0.346 e. The Bertz CT molecular complexity index is 1080. The van der Waals surface area contributed by atoms with E-state index in [9.17, 15) is 9.59 Å². The smallest absolute Gasteiger partial charge is 0.262 e. The fraction of sp³-hybridized carbons (Fsp3) is 0.0833. The van der Waals surface area contributed by atoms with Crippen molar-refractivity contribution < 1.29 is 9.59 Å². The van der Waals surface area contributed by atoms with Crippen molar-refractivity contribution in [3.05, 3.63) is 100 Å². The quantitative estimate of drug-likeness (QED) is 0.587. The molecule has 0 saturated heterocycles. The summed E-state index contributed by atoms with van der Waals surface area (Å²) < 4.78 is 0. The topological polar surface area (TPSA) is 58.2 Å². The SMILES string of the molecule is C[C@@H](NC(=O)c1ccc2c(c1)NC(=O)/C(=C/c1ccccc1)S2)c1ccccc1. The van der Waals surface area contributed by atoms with E-state index in [4.69, 9.17) is 0 Å². The molecule has 144 valence electrons. The normalized spacial score (nSPS) is 15.3. The van der Waals surface area contributed by atoms with Gasteiger partial charge in [-0.2, -0.15) is 0 Å². The van der Waals surface area contributed by atoms with E-state index in [1.165, 1.54) is 11.8 Å². The lowest BCUT2D eigenvalue weighted by Crippen LogP contribution is -2.27. The average Bonchev–Trinajstić information content (AvgIpc) is 2.75. The first-order valence-electron chi connectivity index (χ1n) is 9.36. The van der Waals surface area contributed by atoms with Crippen LogP contribution in [0.1, 0.15) is 34.5 Å². The number of amides is 2. The van der Waals surface area contributed by atoms with Crippen molar-refractivity contribution in [3.8, 4) is 0 Å². The molecule has 4 nitrogen and oxygen atoms in total. The molecule has 29 heavy (non-hydrogen) atoms. The number of hydrogen-bond donors (Lipinski definition) is 2. The third kappa shape index (κ3) is 4.41. The molecule has 3 aromatic rings. The highest BCUT2D eigenvalue weighted by Gasteiger charge is 2.22. The van der Waals surface area contributed by atoms with E-state index in [1.54, 1.807) is 12.1 Å². The summed E-state index contributed by atoms with van der Waals surface area (Å²) in [6.07, 6.45) is 1.87. The maximum atomic E-state index is 12.7. The Morgan fingerprint density at radius 3 is 2.41 bits per heavy atom. The second kappa shape index (κ2) is 8.37. The molecule has 1 aliphatic heterocycles. The maximum absolute atomic E-state index is 12.7. The summed E-state index contributed by atoms with van der Waals surface area (Å²) in [4.78, 5) is 26.7. The van der Waals surface area contributed by atoms with E-state index >= 15 is 0 Å². The van der Waals surface area contributed by atoms with Gasteiger partial charge in [-0.1, -0.05) is 72.4 Å². The zero-order valence-electron chi connectivity index (χ0n) is 15.9. The minimum atomic E-state index is -0.172. The molecule has 1 heterocycles. The number of hydrogen-bond acceptors (Lipinski definition) is 3. The predicted octanol–water partition coefficient (Wildman–Crippen LogP) is 5.26. The molecule has 2 N–H and O–H groups in total. The fourth-order valence-electron chi connectivity index (χ4n) is 3.11. The molecule has 0 saturated carbocycles. The van der Waals surface area contributed by atoms with E-state index in [2.05, 4.69) is 10.6 Å². The van der Waals surface area contributed by atoms with Gasteiger partial charge in [0.15, 0.2) is 0 Å². The van der Waals surface area contributed by atoms with Crippen LogP contribution in [0.15, 0.2) is 88.7 Å². The Labute approximate surface area is 174 Å².